The van der Waals surface area contributed by atoms with Gasteiger partial charge in [-0.2, -0.15) is 0 Å². The number of carbonyl (C=O) groups excluding carboxylic acids is 2. The second kappa shape index (κ2) is 11.8. The fraction of sp³-hybridized carbons (Fsp3) is 0.429. The number of rotatable bonds is 11. The van der Waals surface area contributed by atoms with Gasteiger partial charge in [-0.15, -0.1) is 11.3 Å². The normalized spacial score (nSPS) is 12.0. The minimum atomic E-state index is -0.0873. The molecule has 1 aromatic carbocycles. The highest BCUT2D eigenvalue weighted by atomic mass is 35.5. The molecule has 0 aliphatic carbocycles. The van der Waals surface area contributed by atoms with Crippen LogP contribution in [0.1, 0.15) is 48.0 Å². The summed E-state index contributed by atoms with van der Waals surface area (Å²) in [5.41, 5.74) is 1.02. The Labute approximate surface area is 176 Å². The number of hydrogen-bond donors (Lipinski definition) is 2. The van der Waals surface area contributed by atoms with Crippen LogP contribution in [-0.4, -0.2) is 42.9 Å². The Hall–Kier alpha value is -1.89. The van der Waals surface area contributed by atoms with Gasteiger partial charge < -0.3 is 10.6 Å². The summed E-state index contributed by atoms with van der Waals surface area (Å²) < 4.78 is 0. The van der Waals surface area contributed by atoms with Crippen LogP contribution in [0.2, 0.25) is 5.02 Å². The van der Waals surface area contributed by atoms with E-state index in [0.29, 0.717) is 35.8 Å². The van der Waals surface area contributed by atoms with Crippen molar-refractivity contribution >= 4 is 34.8 Å². The molecule has 1 aromatic heterocycles. The van der Waals surface area contributed by atoms with Gasteiger partial charge in [-0.3, -0.25) is 14.5 Å². The van der Waals surface area contributed by atoms with Crippen LogP contribution >= 0.6 is 22.9 Å². The van der Waals surface area contributed by atoms with Crippen LogP contribution < -0.4 is 10.6 Å². The first-order valence-electron chi connectivity index (χ1n) is 9.63. The van der Waals surface area contributed by atoms with E-state index < -0.39 is 0 Å². The molecule has 2 N–H and O–H groups in total. The summed E-state index contributed by atoms with van der Waals surface area (Å²) in [6.07, 6.45) is 0.975. The van der Waals surface area contributed by atoms with Crippen molar-refractivity contribution in [1.29, 1.82) is 0 Å². The summed E-state index contributed by atoms with van der Waals surface area (Å²) in [6.45, 7) is 6.94. The first-order valence-corrected chi connectivity index (χ1v) is 10.9. The molecule has 1 atom stereocenters. The maximum Gasteiger partial charge on any atom is 0.261 e. The number of thiophene rings is 1. The topological polar surface area (TPSA) is 61.4 Å². The van der Waals surface area contributed by atoms with E-state index in [1.54, 1.807) is 6.07 Å². The minimum absolute atomic E-state index is 0.0189. The van der Waals surface area contributed by atoms with E-state index in [9.17, 15) is 9.59 Å². The lowest BCUT2D eigenvalue weighted by molar-refractivity contribution is -0.121. The number of likely N-dealkylation sites (N-methyl/N-ethyl adjacent to an activating group) is 1. The summed E-state index contributed by atoms with van der Waals surface area (Å²) in [6, 6.07) is 11.4. The Kier molecular flexibility index (Phi) is 9.47. The second-order valence-electron chi connectivity index (χ2n) is 6.40. The Morgan fingerprint density at radius 3 is 2.50 bits per heavy atom. The molecule has 0 spiro atoms. The number of amides is 2. The molecule has 2 aromatic rings. The van der Waals surface area contributed by atoms with Gasteiger partial charge in [-0.1, -0.05) is 49.7 Å². The van der Waals surface area contributed by atoms with Crippen LogP contribution in [0.15, 0.2) is 41.8 Å². The van der Waals surface area contributed by atoms with Crippen molar-refractivity contribution in [1.82, 2.24) is 15.5 Å². The molecule has 7 heteroatoms. The molecular weight excluding hydrogens is 394 g/mol. The van der Waals surface area contributed by atoms with Gasteiger partial charge in [0.1, 0.15) is 0 Å². The molecule has 0 fully saturated rings. The monoisotopic (exact) mass is 421 g/mol. The predicted molar refractivity (Wildman–Crippen MR) is 116 cm³/mol. The molecule has 0 saturated carbocycles. The smallest absolute Gasteiger partial charge is 0.261 e. The van der Waals surface area contributed by atoms with Crippen LogP contribution in [0.25, 0.3) is 0 Å². The van der Waals surface area contributed by atoms with Crippen molar-refractivity contribution in [2.45, 2.75) is 32.7 Å². The molecule has 1 heterocycles. The van der Waals surface area contributed by atoms with Gasteiger partial charge >= 0.3 is 0 Å². The molecule has 5 nitrogen and oxygen atoms in total. The number of nitrogens with zero attached hydrogens (tertiary/aromatic N) is 1. The van der Waals surface area contributed by atoms with Crippen molar-refractivity contribution < 1.29 is 9.59 Å². The van der Waals surface area contributed by atoms with Crippen LogP contribution in [0.3, 0.4) is 0 Å². The van der Waals surface area contributed by atoms with Gasteiger partial charge in [0.05, 0.1) is 10.9 Å². The van der Waals surface area contributed by atoms with Gasteiger partial charge in [0.2, 0.25) is 5.91 Å². The molecule has 0 radical (unpaired) electrons. The summed E-state index contributed by atoms with van der Waals surface area (Å²) in [4.78, 5) is 27.1. The van der Waals surface area contributed by atoms with E-state index in [0.717, 1.165) is 18.7 Å². The highest BCUT2D eigenvalue weighted by Gasteiger charge is 2.20. The second-order valence-corrected chi connectivity index (χ2v) is 7.75. The van der Waals surface area contributed by atoms with E-state index in [-0.39, 0.29) is 17.9 Å². The van der Waals surface area contributed by atoms with E-state index in [1.807, 2.05) is 35.7 Å². The largest absolute Gasteiger partial charge is 0.354 e. The molecule has 2 amide bonds. The molecule has 0 aliphatic heterocycles. The van der Waals surface area contributed by atoms with Crippen molar-refractivity contribution in [2.24, 2.45) is 0 Å². The number of carbonyl (C=O) groups is 2. The van der Waals surface area contributed by atoms with Crippen molar-refractivity contribution in [2.75, 3.05) is 26.2 Å². The lowest BCUT2D eigenvalue weighted by atomic mass is 10.0. The fourth-order valence-corrected chi connectivity index (χ4v) is 3.99. The lowest BCUT2D eigenvalue weighted by Crippen LogP contribution is -2.38. The molecule has 152 valence electrons. The van der Waals surface area contributed by atoms with Crippen LogP contribution in [0.5, 0.6) is 0 Å². The number of hydrogen-bond acceptors (Lipinski definition) is 4. The van der Waals surface area contributed by atoms with Crippen LogP contribution in [0.4, 0.5) is 0 Å². The van der Waals surface area contributed by atoms with E-state index in [2.05, 4.69) is 29.4 Å². The SMILES string of the molecule is CCN(CC)[C@@H](CNC(=O)CCCNC(=O)c1cccs1)c1ccccc1Cl. The van der Waals surface area contributed by atoms with Gasteiger partial charge in [-0.25, -0.2) is 0 Å². The van der Waals surface area contributed by atoms with Crippen molar-refractivity contribution in [3.05, 3.63) is 57.2 Å². The first kappa shape index (κ1) is 22.4. The number of benzene rings is 1. The Morgan fingerprint density at radius 2 is 1.86 bits per heavy atom. The number of halogens is 1. The summed E-state index contributed by atoms with van der Waals surface area (Å²) >= 11 is 7.79. The van der Waals surface area contributed by atoms with Gasteiger partial charge in [0.25, 0.3) is 5.91 Å². The van der Waals surface area contributed by atoms with E-state index in [4.69, 9.17) is 11.6 Å². The average Bonchev–Trinajstić information content (AvgIpc) is 3.24. The summed E-state index contributed by atoms with van der Waals surface area (Å²) in [5.74, 6) is -0.106. The Morgan fingerprint density at radius 1 is 1.11 bits per heavy atom. The van der Waals surface area contributed by atoms with Crippen LogP contribution in [0, 0.1) is 0 Å². The van der Waals surface area contributed by atoms with Crippen molar-refractivity contribution in [3.63, 3.8) is 0 Å². The quantitative estimate of drug-likeness (QED) is 0.536. The zero-order chi connectivity index (χ0) is 20.4. The number of nitrogens with one attached hydrogen (secondary N) is 2. The van der Waals surface area contributed by atoms with Gasteiger partial charge in [0, 0.05) is 24.5 Å². The molecule has 2 rings (SSSR count). The highest BCUT2D eigenvalue weighted by molar-refractivity contribution is 7.12. The molecule has 28 heavy (non-hydrogen) atoms. The molecule has 0 bridgehead atoms. The molecule has 0 saturated heterocycles. The third-order valence-electron chi connectivity index (χ3n) is 4.62. The third-order valence-corrected chi connectivity index (χ3v) is 5.83. The minimum Gasteiger partial charge on any atom is -0.354 e. The van der Waals surface area contributed by atoms with Crippen LogP contribution in [-0.2, 0) is 4.79 Å². The predicted octanol–water partition coefficient (Wildman–Crippen LogP) is 4.11. The lowest BCUT2D eigenvalue weighted by Gasteiger charge is -2.31. The maximum absolute atomic E-state index is 12.3. The fourth-order valence-electron chi connectivity index (χ4n) is 3.09. The van der Waals surface area contributed by atoms with Gasteiger partial charge in [0.15, 0.2) is 0 Å². The standard InChI is InChI=1S/C21H28ClN3O2S/c1-3-25(4-2)18(16-9-5-6-10-17(16)22)15-24-20(26)12-7-13-23-21(27)19-11-8-14-28-19/h5-6,8-11,14,18H,3-4,7,12-13,15H2,1-2H3,(H,23,27)(H,24,26)/t18-/m0/s1. The van der Waals surface area contributed by atoms with E-state index >= 15 is 0 Å². The molecular formula is C21H28ClN3O2S. The Bertz CT molecular complexity index is 748. The van der Waals surface area contributed by atoms with Gasteiger partial charge in [-0.05, 0) is 42.6 Å². The highest BCUT2D eigenvalue weighted by Crippen LogP contribution is 2.26. The summed E-state index contributed by atoms with van der Waals surface area (Å²) in [5, 5.41) is 8.45. The summed E-state index contributed by atoms with van der Waals surface area (Å²) in [7, 11) is 0. The zero-order valence-electron chi connectivity index (χ0n) is 16.4. The van der Waals surface area contributed by atoms with E-state index in [1.165, 1.54) is 11.3 Å². The Balaban J connectivity index is 1.81. The first-order chi connectivity index (χ1) is 13.6. The third kappa shape index (κ3) is 6.62. The molecule has 0 unspecified atom stereocenters. The maximum atomic E-state index is 12.3. The zero-order valence-corrected chi connectivity index (χ0v) is 18.0. The van der Waals surface area contributed by atoms with Crippen molar-refractivity contribution in [3.8, 4) is 0 Å². The average molecular weight is 422 g/mol. The molecule has 0 aliphatic rings.